The molecule has 132 valence electrons. The molecule has 1 saturated heterocycles. The lowest BCUT2D eigenvalue weighted by Crippen LogP contribution is -2.33. The minimum atomic E-state index is -0.497. The number of anilines is 1. The number of methoxy groups -OCH3 is 1. The fraction of sp³-hybridized carbons (Fsp3) is 0.316. The molecule has 1 heterocycles. The van der Waals surface area contributed by atoms with Gasteiger partial charge < -0.3 is 10.1 Å². The zero-order chi connectivity index (χ0) is 17.8. The van der Waals surface area contributed by atoms with Gasteiger partial charge in [-0.1, -0.05) is 23.7 Å². The number of rotatable bonds is 5. The van der Waals surface area contributed by atoms with Crippen LogP contribution in [0.2, 0.25) is 5.02 Å². The van der Waals surface area contributed by atoms with Crippen LogP contribution < -0.4 is 10.1 Å². The Hall–Kier alpha value is -2.11. The van der Waals surface area contributed by atoms with Crippen molar-refractivity contribution < 1.29 is 13.9 Å². The SMILES string of the molecule is COc1cccc([C@H]2CCCN2CC(=O)Nc2cc(Cl)ccc2F)c1. The second kappa shape index (κ2) is 7.85. The van der Waals surface area contributed by atoms with Crippen LogP contribution in [0, 0.1) is 5.82 Å². The lowest BCUT2D eigenvalue weighted by atomic mass is 10.0. The average molecular weight is 363 g/mol. The van der Waals surface area contributed by atoms with Gasteiger partial charge in [-0.3, -0.25) is 9.69 Å². The first kappa shape index (κ1) is 17.7. The summed E-state index contributed by atoms with van der Waals surface area (Å²) in [7, 11) is 1.64. The smallest absolute Gasteiger partial charge is 0.238 e. The van der Waals surface area contributed by atoms with E-state index in [0.29, 0.717) is 5.02 Å². The topological polar surface area (TPSA) is 41.6 Å². The first-order chi connectivity index (χ1) is 12.1. The Morgan fingerprint density at radius 3 is 3.00 bits per heavy atom. The predicted molar refractivity (Wildman–Crippen MR) is 96.6 cm³/mol. The molecule has 1 amide bonds. The lowest BCUT2D eigenvalue weighted by molar-refractivity contribution is -0.117. The number of halogens is 2. The molecule has 0 aliphatic carbocycles. The van der Waals surface area contributed by atoms with Crippen molar-refractivity contribution in [2.75, 3.05) is 25.5 Å². The summed E-state index contributed by atoms with van der Waals surface area (Å²) < 4.78 is 19.0. The quantitative estimate of drug-likeness (QED) is 0.863. The van der Waals surface area contributed by atoms with E-state index in [1.807, 2.05) is 24.3 Å². The zero-order valence-electron chi connectivity index (χ0n) is 14.0. The Labute approximate surface area is 151 Å². The van der Waals surface area contributed by atoms with Gasteiger partial charge in [0.05, 0.1) is 19.3 Å². The first-order valence-corrected chi connectivity index (χ1v) is 8.57. The molecule has 0 saturated carbocycles. The molecule has 0 aromatic heterocycles. The number of carbonyl (C=O) groups is 1. The van der Waals surface area contributed by atoms with Crippen LogP contribution in [0.1, 0.15) is 24.4 Å². The average Bonchev–Trinajstić information content (AvgIpc) is 3.06. The summed E-state index contributed by atoms with van der Waals surface area (Å²) >= 11 is 5.86. The second-order valence-electron chi connectivity index (χ2n) is 6.08. The second-order valence-corrected chi connectivity index (χ2v) is 6.51. The molecular weight excluding hydrogens is 343 g/mol. The fourth-order valence-electron chi connectivity index (χ4n) is 3.21. The number of benzene rings is 2. The molecule has 1 atom stereocenters. The Kier molecular flexibility index (Phi) is 5.56. The molecule has 1 N–H and O–H groups in total. The summed E-state index contributed by atoms with van der Waals surface area (Å²) in [6.07, 6.45) is 1.99. The van der Waals surface area contributed by atoms with Crippen LogP contribution in [0.25, 0.3) is 0 Å². The zero-order valence-corrected chi connectivity index (χ0v) is 14.7. The Balaban J connectivity index is 1.68. The van der Waals surface area contributed by atoms with E-state index in [1.54, 1.807) is 7.11 Å². The molecule has 1 fully saturated rings. The third-order valence-corrected chi connectivity index (χ3v) is 4.63. The van der Waals surface area contributed by atoms with Crippen LogP contribution in [-0.2, 0) is 4.79 Å². The summed E-state index contributed by atoms with van der Waals surface area (Å²) in [5.74, 6) is 0.0503. The van der Waals surface area contributed by atoms with Crippen molar-refractivity contribution in [2.45, 2.75) is 18.9 Å². The summed E-state index contributed by atoms with van der Waals surface area (Å²) in [5, 5.41) is 2.99. The van der Waals surface area contributed by atoms with Gasteiger partial charge in [-0.05, 0) is 55.3 Å². The summed E-state index contributed by atoms with van der Waals surface area (Å²) in [6.45, 7) is 1.03. The fourth-order valence-corrected chi connectivity index (χ4v) is 3.38. The minimum absolute atomic E-state index is 0.106. The van der Waals surface area contributed by atoms with Crippen molar-refractivity contribution in [2.24, 2.45) is 0 Å². The molecule has 2 aromatic rings. The summed E-state index contributed by atoms with van der Waals surface area (Å²) in [4.78, 5) is 14.4. The molecule has 0 spiro atoms. The van der Waals surface area contributed by atoms with Crippen LogP contribution in [-0.4, -0.2) is 31.0 Å². The number of hydrogen-bond donors (Lipinski definition) is 1. The maximum Gasteiger partial charge on any atom is 0.238 e. The number of hydrogen-bond acceptors (Lipinski definition) is 3. The summed E-state index contributed by atoms with van der Waals surface area (Å²) in [6, 6.07) is 12.2. The number of nitrogens with one attached hydrogen (secondary N) is 1. The Bertz CT molecular complexity index is 769. The highest BCUT2D eigenvalue weighted by molar-refractivity contribution is 6.30. The maximum atomic E-state index is 13.8. The Morgan fingerprint density at radius 1 is 1.36 bits per heavy atom. The molecule has 6 heteroatoms. The number of carbonyl (C=O) groups excluding carboxylic acids is 1. The molecule has 25 heavy (non-hydrogen) atoms. The van der Waals surface area contributed by atoms with Crippen molar-refractivity contribution in [3.63, 3.8) is 0 Å². The molecule has 0 radical (unpaired) electrons. The highest BCUT2D eigenvalue weighted by Crippen LogP contribution is 2.33. The molecule has 3 rings (SSSR count). The number of amides is 1. The summed E-state index contributed by atoms with van der Waals surface area (Å²) in [5.41, 5.74) is 1.23. The van der Waals surface area contributed by atoms with Crippen molar-refractivity contribution in [1.29, 1.82) is 0 Å². The molecule has 4 nitrogen and oxygen atoms in total. The van der Waals surface area contributed by atoms with Crippen LogP contribution in [0.3, 0.4) is 0 Å². The van der Waals surface area contributed by atoms with Crippen LogP contribution in [0.4, 0.5) is 10.1 Å². The van der Waals surface area contributed by atoms with Gasteiger partial charge in [0.2, 0.25) is 5.91 Å². The van der Waals surface area contributed by atoms with Gasteiger partial charge in [0.25, 0.3) is 0 Å². The van der Waals surface area contributed by atoms with Gasteiger partial charge >= 0.3 is 0 Å². The highest BCUT2D eigenvalue weighted by atomic mass is 35.5. The van der Waals surface area contributed by atoms with Crippen LogP contribution in [0.5, 0.6) is 5.75 Å². The maximum absolute atomic E-state index is 13.8. The first-order valence-electron chi connectivity index (χ1n) is 8.19. The molecule has 0 bridgehead atoms. The van der Waals surface area contributed by atoms with Gasteiger partial charge in [0.15, 0.2) is 0 Å². The van der Waals surface area contributed by atoms with E-state index < -0.39 is 5.82 Å². The van der Waals surface area contributed by atoms with E-state index in [2.05, 4.69) is 10.2 Å². The molecular formula is C19H20ClFN2O2. The monoisotopic (exact) mass is 362 g/mol. The molecule has 0 unspecified atom stereocenters. The van der Waals surface area contributed by atoms with Gasteiger partial charge in [-0.2, -0.15) is 0 Å². The third kappa shape index (κ3) is 4.30. The lowest BCUT2D eigenvalue weighted by Gasteiger charge is -2.24. The standard InChI is InChI=1S/C19H20ClFN2O2/c1-25-15-5-2-4-13(10-15)18-6-3-9-23(18)12-19(24)22-17-11-14(20)7-8-16(17)21/h2,4-5,7-8,10-11,18H,3,6,9,12H2,1H3,(H,22,24)/t18-/m1/s1. The van der Waals surface area contributed by atoms with Crippen molar-refractivity contribution in [1.82, 2.24) is 4.90 Å². The van der Waals surface area contributed by atoms with E-state index in [9.17, 15) is 9.18 Å². The third-order valence-electron chi connectivity index (χ3n) is 4.39. The van der Waals surface area contributed by atoms with Gasteiger partial charge in [-0.15, -0.1) is 0 Å². The van der Waals surface area contributed by atoms with E-state index in [0.717, 1.165) is 30.7 Å². The minimum Gasteiger partial charge on any atom is -0.497 e. The molecule has 2 aromatic carbocycles. The van der Waals surface area contributed by atoms with E-state index in [4.69, 9.17) is 16.3 Å². The van der Waals surface area contributed by atoms with Crippen LogP contribution in [0.15, 0.2) is 42.5 Å². The van der Waals surface area contributed by atoms with Crippen molar-refractivity contribution >= 4 is 23.2 Å². The molecule has 1 aliphatic rings. The van der Waals surface area contributed by atoms with Gasteiger partial charge in [0.1, 0.15) is 11.6 Å². The normalized spacial score (nSPS) is 17.5. The van der Waals surface area contributed by atoms with Gasteiger partial charge in [0, 0.05) is 11.1 Å². The van der Waals surface area contributed by atoms with Crippen LogP contribution >= 0.6 is 11.6 Å². The number of likely N-dealkylation sites (tertiary alicyclic amines) is 1. The van der Waals surface area contributed by atoms with Crippen molar-refractivity contribution in [3.05, 3.63) is 58.9 Å². The predicted octanol–water partition coefficient (Wildman–Crippen LogP) is 4.26. The largest absolute Gasteiger partial charge is 0.497 e. The van der Waals surface area contributed by atoms with E-state index in [1.165, 1.54) is 18.2 Å². The van der Waals surface area contributed by atoms with E-state index >= 15 is 0 Å². The number of ether oxygens (including phenoxy) is 1. The van der Waals surface area contributed by atoms with E-state index in [-0.39, 0.29) is 24.2 Å². The molecule has 1 aliphatic heterocycles. The van der Waals surface area contributed by atoms with Gasteiger partial charge in [-0.25, -0.2) is 4.39 Å². The number of nitrogens with zero attached hydrogens (tertiary/aromatic N) is 1. The highest BCUT2D eigenvalue weighted by Gasteiger charge is 2.28. The van der Waals surface area contributed by atoms with Crippen molar-refractivity contribution in [3.8, 4) is 5.75 Å². The Morgan fingerprint density at radius 2 is 2.20 bits per heavy atom.